The van der Waals surface area contributed by atoms with Gasteiger partial charge in [-0.05, 0) is 42.3 Å². The molecule has 0 fully saturated rings. The molecule has 0 saturated carbocycles. The van der Waals surface area contributed by atoms with Gasteiger partial charge < -0.3 is 4.74 Å². The molecule has 0 spiro atoms. The van der Waals surface area contributed by atoms with E-state index in [9.17, 15) is 4.79 Å². The van der Waals surface area contributed by atoms with E-state index >= 15 is 0 Å². The number of aromatic nitrogens is 2. The topological polar surface area (TPSA) is 43.6 Å². The first-order valence-corrected chi connectivity index (χ1v) is 7.46. The summed E-state index contributed by atoms with van der Waals surface area (Å²) in [6, 6.07) is 11.2. The lowest BCUT2D eigenvalue weighted by Gasteiger charge is -2.03. The van der Waals surface area contributed by atoms with Gasteiger partial charge in [0.1, 0.15) is 10.8 Å². The van der Waals surface area contributed by atoms with Crippen LogP contribution in [0, 0.1) is 0 Å². The number of esters is 1. The third-order valence-corrected chi connectivity index (χ3v) is 3.82. The molecule has 0 bridgehead atoms. The highest BCUT2D eigenvalue weighted by molar-refractivity contribution is 6.32. The van der Waals surface area contributed by atoms with Crippen molar-refractivity contribution in [3.05, 3.63) is 58.5 Å². The molecule has 3 rings (SSSR count). The third kappa shape index (κ3) is 2.67. The summed E-state index contributed by atoms with van der Waals surface area (Å²) >= 11 is 12.2. The molecule has 0 radical (unpaired) electrons. The Balaban J connectivity index is 2.08. The molecule has 0 amide bonds. The maximum Gasteiger partial charge on any atom is 0.360 e. The van der Waals surface area contributed by atoms with Crippen molar-refractivity contribution >= 4 is 34.8 Å². The first-order valence-electron chi connectivity index (χ1n) is 6.71. The van der Waals surface area contributed by atoms with E-state index in [2.05, 4.69) is 4.98 Å². The zero-order valence-electron chi connectivity index (χ0n) is 11.7. The monoisotopic (exact) mass is 334 g/mol. The minimum atomic E-state index is -0.524. The van der Waals surface area contributed by atoms with Crippen LogP contribution in [-0.4, -0.2) is 22.0 Å². The Morgan fingerprint density at radius 2 is 1.82 bits per heavy atom. The Bertz CT molecular complexity index is 841. The Labute approximate surface area is 137 Å². The molecule has 6 heteroatoms. The van der Waals surface area contributed by atoms with E-state index in [4.69, 9.17) is 27.9 Å². The van der Waals surface area contributed by atoms with Gasteiger partial charge in [0.15, 0.2) is 5.69 Å². The van der Waals surface area contributed by atoms with E-state index in [0.717, 1.165) is 11.1 Å². The number of benzene rings is 1. The fraction of sp³-hybridized carbons (Fsp3) is 0.125. The summed E-state index contributed by atoms with van der Waals surface area (Å²) in [5.74, 6) is -0.524. The first kappa shape index (κ1) is 14.9. The van der Waals surface area contributed by atoms with E-state index in [0.29, 0.717) is 10.7 Å². The highest BCUT2D eigenvalue weighted by Crippen LogP contribution is 2.25. The number of carbonyl (C=O) groups is 1. The number of hydrogen-bond acceptors (Lipinski definition) is 3. The molecule has 0 atom stereocenters. The summed E-state index contributed by atoms with van der Waals surface area (Å²) < 4.78 is 6.62. The van der Waals surface area contributed by atoms with E-state index in [-0.39, 0.29) is 17.5 Å². The predicted octanol–water partition coefficient (Wildman–Crippen LogP) is 4.48. The molecular formula is C16H12Cl2N2O2. The summed E-state index contributed by atoms with van der Waals surface area (Å²) in [6.45, 7) is 2.01. The highest BCUT2D eigenvalue weighted by Gasteiger charge is 2.18. The van der Waals surface area contributed by atoms with Crippen LogP contribution in [0.5, 0.6) is 0 Å². The number of ether oxygens (including phenoxy) is 1. The lowest BCUT2D eigenvalue weighted by molar-refractivity contribution is 0.0520. The van der Waals surface area contributed by atoms with Gasteiger partial charge in [-0.15, -0.1) is 0 Å². The van der Waals surface area contributed by atoms with Crippen molar-refractivity contribution in [3.8, 4) is 11.1 Å². The van der Waals surface area contributed by atoms with Gasteiger partial charge in [0, 0.05) is 11.2 Å². The van der Waals surface area contributed by atoms with Crippen molar-refractivity contribution in [2.24, 2.45) is 0 Å². The third-order valence-electron chi connectivity index (χ3n) is 3.21. The zero-order valence-corrected chi connectivity index (χ0v) is 13.2. The van der Waals surface area contributed by atoms with Crippen molar-refractivity contribution < 1.29 is 9.53 Å². The van der Waals surface area contributed by atoms with Crippen molar-refractivity contribution in [2.45, 2.75) is 6.92 Å². The normalized spacial score (nSPS) is 10.9. The number of nitrogens with zero attached hydrogens (tertiary/aromatic N) is 2. The second-order valence-electron chi connectivity index (χ2n) is 4.62. The van der Waals surface area contributed by atoms with Crippen molar-refractivity contribution in [3.63, 3.8) is 0 Å². The minimum Gasteiger partial charge on any atom is -0.461 e. The van der Waals surface area contributed by atoms with Crippen LogP contribution in [-0.2, 0) is 4.74 Å². The molecular weight excluding hydrogens is 323 g/mol. The molecule has 4 nitrogen and oxygen atoms in total. The Morgan fingerprint density at radius 3 is 2.50 bits per heavy atom. The Morgan fingerprint density at radius 1 is 1.14 bits per heavy atom. The predicted molar refractivity (Wildman–Crippen MR) is 86.6 cm³/mol. The van der Waals surface area contributed by atoms with Crippen LogP contribution >= 0.6 is 23.2 Å². The maximum atomic E-state index is 11.8. The number of rotatable bonds is 3. The fourth-order valence-electron chi connectivity index (χ4n) is 2.16. The summed E-state index contributed by atoms with van der Waals surface area (Å²) in [7, 11) is 0. The van der Waals surface area contributed by atoms with Gasteiger partial charge in [-0.3, -0.25) is 4.40 Å². The summed E-state index contributed by atoms with van der Waals surface area (Å²) in [5, 5.41) is 0.916. The van der Waals surface area contributed by atoms with Crippen LogP contribution in [0.25, 0.3) is 16.8 Å². The van der Waals surface area contributed by atoms with Crippen LogP contribution in [0.15, 0.2) is 42.6 Å². The lowest BCUT2D eigenvalue weighted by Crippen LogP contribution is -2.05. The van der Waals surface area contributed by atoms with Gasteiger partial charge in [-0.25, -0.2) is 9.78 Å². The van der Waals surface area contributed by atoms with Crippen molar-refractivity contribution in [2.75, 3.05) is 6.61 Å². The summed E-state index contributed by atoms with van der Waals surface area (Å²) in [6.07, 6.45) is 1.83. The molecule has 0 aliphatic rings. The van der Waals surface area contributed by atoms with Gasteiger partial charge in [0.05, 0.1) is 6.61 Å². The number of imidazole rings is 1. The van der Waals surface area contributed by atoms with Gasteiger partial charge in [-0.1, -0.05) is 35.3 Å². The SMILES string of the molecule is CCOC(=O)c1nc2ccc(-c3ccc(Cl)cc3)cn2c1Cl. The average Bonchev–Trinajstić information content (AvgIpc) is 2.85. The quantitative estimate of drug-likeness (QED) is 0.663. The second kappa shape index (κ2) is 5.99. The van der Waals surface area contributed by atoms with E-state index in [1.54, 1.807) is 17.4 Å². The van der Waals surface area contributed by atoms with Gasteiger partial charge in [0.2, 0.25) is 0 Å². The van der Waals surface area contributed by atoms with Crippen LogP contribution in [0.2, 0.25) is 10.2 Å². The molecule has 0 saturated heterocycles. The minimum absolute atomic E-state index is 0.122. The Kier molecular flexibility index (Phi) is 4.05. The van der Waals surface area contributed by atoms with Crippen molar-refractivity contribution in [1.29, 1.82) is 0 Å². The zero-order chi connectivity index (χ0) is 15.7. The van der Waals surface area contributed by atoms with E-state index in [1.165, 1.54) is 0 Å². The number of fused-ring (bicyclic) bond motifs is 1. The number of halogens is 2. The van der Waals surface area contributed by atoms with Crippen LogP contribution in [0.3, 0.4) is 0 Å². The highest BCUT2D eigenvalue weighted by atomic mass is 35.5. The first-order chi connectivity index (χ1) is 10.6. The summed E-state index contributed by atoms with van der Waals surface area (Å²) in [4.78, 5) is 16.0. The van der Waals surface area contributed by atoms with Crippen molar-refractivity contribution in [1.82, 2.24) is 9.38 Å². The Hall–Kier alpha value is -2.04. The molecule has 3 aromatic rings. The number of carbonyl (C=O) groups excluding carboxylic acids is 1. The number of pyridine rings is 1. The largest absolute Gasteiger partial charge is 0.461 e. The maximum absolute atomic E-state index is 11.8. The smallest absolute Gasteiger partial charge is 0.360 e. The molecule has 0 aliphatic carbocycles. The number of hydrogen-bond donors (Lipinski definition) is 0. The second-order valence-corrected chi connectivity index (χ2v) is 5.42. The van der Waals surface area contributed by atoms with Crippen LogP contribution in [0.4, 0.5) is 0 Å². The fourth-order valence-corrected chi connectivity index (χ4v) is 2.54. The van der Waals surface area contributed by atoms with Gasteiger partial charge >= 0.3 is 5.97 Å². The molecule has 0 aliphatic heterocycles. The molecule has 112 valence electrons. The molecule has 0 N–H and O–H groups in total. The average molecular weight is 335 g/mol. The molecule has 1 aromatic carbocycles. The van der Waals surface area contributed by atoms with Crippen LogP contribution in [0.1, 0.15) is 17.4 Å². The lowest BCUT2D eigenvalue weighted by atomic mass is 10.1. The molecule has 2 heterocycles. The van der Waals surface area contributed by atoms with Crippen LogP contribution < -0.4 is 0 Å². The van der Waals surface area contributed by atoms with Gasteiger partial charge in [-0.2, -0.15) is 0 Å². The molecule has 2 aromatic heterocycles. The molecule has 22 heavy (non-hydrogen) atoms. The summed E-state index contributed by atoms with van der Waals surface area (Å²) in [5.41, 5.74) is 2.65. The van der Waals surface area contributed by atoms with Gasteiger partial charge in [0.25, 0.3) is 0 Å². The molecule has 0 unspecified atom stereocenters. The van der Waals surface area contributed by atoms with E-state index < -0.39 is 5.97 Å². The standard InChI is InChI=1S/C16H12Cl2N2O2/c1-2-22-16(21)14-15(18)20-9-11(5-8-13(20)19-14)10-3-6-12(17)7-4-10/h3-9H,2H2,1H3. The van der Waals surface area contributed by atoms with E-state index in [1.807, 2.05) is 36.5 Å².